The van der Waals surface area contributed by atoms with Crippen LogP contribution < -0.4 is 5.73 Å². The van der Waals surface area contributed by atoms with E-state index in [0.717, 1.165) is 17.8 Å². The van der Waals surface area contributed by atoms with Crippen LogP contribution in [0, 0.1) is 0 Å². The predicted octanol–water partition coefficient (Wildman–Crippen LogP) is 0.858. The highest BCUT2D eigenvalue weighted by molar-refractivity contribution is 5.66. The first-order valence-corrected chi connectivity index (χ1v) is 5.83. The van der Waals surface area contributed by atoms with Crippen molar-refractivity contribution in [2.24, 2.45) is 7.05 Å². The number of aryl methyl sites for hydroxylation is 1. The summed E-state index contributed by atoms with van der Waals surface area (Å²) in [7, 11) is 3.55. The van der Waals surface area contributed by atoms with E-state index >= 15 is 0 Å². The van der Waals surface area contributed by atoms with Gasteiger partial charge in [0.1, 0.15) is 5.69 Å². The Bertz CT molecular complexity index is 517. The normalized spacial score (nSPS) is 12.8. The van der Waals surface area contributed by atoms with E-state index in [0.29, 0.717) is 12.4 Å². The maximum atomic E-state index is 5.90. The lowest BCUT2D eigenvalue weighted by Crippen LogP contribution is -2.12. The van der Waals surface area contributed by atoms with Gasteiger partial charge in [0.05, 0.1) is 11.7 Å². The minimum absolute atomic E-state index is 0.166. The van der Waals surface area contributed by atoms with Crippen molar-refractivity contribution >= 4 is 5.82 Å². The molecule has 2 aromatic heterocycles. The molecule has 1 unspecified atom stereocenters. The molecule has 0 aliphatic carbocycles. The minimum Gasteiger partial charge on any atom is -0.385 e. The SMILES string of the molecule is COCCC(C)n1nnc(N)c1-c1ccnn1C. The summed E-state index contributed by atoms with van der Waals surface area (Å²) >= 11 is 0. The number of aromatic nitrogens is 5. The molecule has 0 fully saturated rings. The molecule has 1 atom stereocenters. The number of nitrogens with two attached hydrogens (primary N) is 1. The summed E-state index contributed by atoms with van der Waals surface area (Å²) in [5.41, 5.74) is 7.61. The Kier molecular flexibility index (Phi) is 3.61. The van der Waals surface area contributed by atoms with Gasteiger partial charge in [-0.15, -0.1) is 5.10 Å². The van der Waals surface area contributed by atoms with E-state index in [-0.39, 0.29) is 6.04 Å². The molecule has 0 aliphatic heterocycles. The van der Waals surface area contributed by atoms with Crippen molar-refractivity contribution in [1.29, 1.82) is 0 Å². The van der Waals surface area contributed by atoms with E-state index in [4.69, 9.17) is 10.5 Å². The van der Waals surface area contributed by atoms with Crippen LogP contribution in [0.1, 0.15) is 19.4 Å². The van der Waals surface area contributed by atoms with Crippen LogP contribution in [0.4, 0.5) is 5.82 Å². The van der Waals surface area contributed by atoms with Crippen molar-refractivity contribution in [3.05, 3.63) is 12.3 Å². The van der Waals surface area contributed by atoms with Crippen LogP contribution in [0.2, 0.25) is 0 Å². The maximum absolute atomic E-state index is 5.90. The van der Waals surface area contributed by atoms with E-state index in [1.165, 1.54) is 0 Å². The number of anilines is 1. The molecule has 0 amide bonds. The summed E-state index contributed by atoms with van der Waals surface area (Å²) in [6.45, 7) is 2.73. The summed E-state index contributed by atoms with van der Waals surface area (Å²) in [6, 6.07) is 2.06. The van der Waals surface area contributed by atoms with Crippen molar-refractivity contribution in [3.8, 4) is 11.4 Å². The van der Waals surface area contributed by atoms with Crippen molar-refractivity contribution in [3.63, 3.8) is 0 Å². The van der Waals surface area contributed by atoms with Gasteiger partial charge in [0.15, 0.2) is 5.82 Å². The molecule has 2 heterocycles. The Morgan fingerprint density at radius 1 is 1.50 bits per heavy atom. The predicted molar refractivity (Wildman–Crippen MR) is 67.8 cm³/mol. The lowest BCUT2D eigenvalue weighted by Gasteiger charge is -2.14. The fourth-order valence-electron chi connectivity index (χ4n) is 1.88. The number of nitrogens with zero attached hydrogens (tertiary/aromatic N) is 5. The Morgan fingerprint density at radius 3 is 2.89 bits per heavy atom. The molecule has 0 saturated carbocycles. The van der Waals surface area contributed by atoms with Gasteiger partial charge in [-0.1, -0.05) is 5.21 Å². The molecule has 7 nitrogen and oxygen atoms in total. The van der Waals surface area contributed by atoms with E-state index < -0.39 is 0 Å². The highest BCUT2D eigenvalue weighted by Crippen LogP contribution is 2.26. The molecule has 18 heavy (non-hydrogen) atoms. The van der Waals surface area contributed by atoms with Crippen LogP contribution in [0.25, 0.3) is 11.4 Å². The lowest BCUT2D eigenvalue weighted by atomic mass is 10.2. The molecule has 0 spiro atoms. The average molecular weight is 250 g/mol. The quantitative estimate of drug-likeness (QED) is 0.850. The molecule has 0 aromatic carbocycles. The molecule has 2 N–H and O–H groups in total. The number of rotatable bonds is 5. The van der Waals surface area contributed by atoms with Gasteiger partial charge < -0.3 is 10.5 Å². The monoisotopic (exact) mass is 250 g/mol. The average Bonchev–Trinajstić information content (AvgIpc) is 2.92. The number of nitrogen functional groups attached to an aromatic ring is 1. The second-order valence-electron chi connectivity index (χ2n) is 4.24. The van der Waals surface area contributed by atoms with E-state index in [9.17, 15) is 0 Å². The van der Waals surface area contributed by atoms with Gasteiger partial charge in [-0.05, 0) is 19.4 Å². The van der Waals surface area contributed by atoms with Crippen LogP contribution in [-0.4, -0.2) is 38.5 Å². The van der Waals surface area contributed by atoms with Crippen LogP contribution >= 0.6 is 0 Å². The number of hydrogen-bond acceptors (Lipinski definition) is 5. The summed E-state index contributed by atoms with van der Waals surface area (Å²) in [5, 5.41) is 12.2. The Morgan fingerprint density at radius 2 is 2.28 bits per heavy atom. The third kappa shape index (κ3) is 2.21. The Hall–Kier alpha value is -1.89. The minimum atomic E-state index is 0.166. The van der Waals surface area contributed by atoms with E-state index in [1.54, 1.807) is 18.0 Å². The van der Waals surface area contributed by atoms with E-state index in [2.05, 4.69) is 22.3 Å². The van der Waals surface area contributed by atoms with Gasteiger partial charge in [0.2, 0.25) is 0 Å². The summed E-state index contributed by atoms with van der Waals surface area (Å²) in [5.74, 6) is 0.419. The van der Waals surface area contributed by atoms with Gasteiger partial charge in [-0.3, -0.25) is 4.68 Å². The summed E-state index contributed by atoms with van der Waals surface area (Å²) in [6.07, 6.45) is 2.58. The number of methoxy groups -OCH3 is 1. The highest BCUT2D eigenvalue weighted by atomic mass is 16.5. The third-order valence-electron chi connectivity index (χ3n) is 2.94. The third-order valence-corrected chi connectivity index (χ3v) is 2.94. The lowest BCUT2D eigenvalue weighted by molar-refractivity contribution is 0.178. The molecule has 2 rings (SSSR count). The van der Waals surface area contributed by atoms with Crippen molar-refractivity contribution in [1.82, 2.24) is 24.8 Å². The molecular formula is C11H18N6O. The second kappa shape index (κ2) is 5.18. The Labute approximate surface area is 106 Å². The van der Waals surface area contributed by atoms with Gasteiger partial charge >= 0.3 is 0 Å². The zero-order chi connectivity index (χ0) is 13.1. The number of ether oxygens (including phenoxy) is 1. The van der Waals surface area contributed by atoms with Crippen LogP contribution in [0.5, 0.6) is 0 Å². The van der Waals surface area contributed by atoms with Crippen molar-refractivity contribution in [2.75, 3.05) is 19.5 Å². The first-order chi connectivity index (χ1) is 8.65. The molecule has 7 heteroatoms. The van der Waals surface area contributed by atoms with Gasteiger partial charge in [0, 0.05) is 27.0 Å². The van der Waals surface area contributed by atoms with Crippen LogP contribution in [-0.2, 0) is 11.8 Å². The van der Waals surface area contributed by atoms with Gasteiger partial charge in [0.25, 0.3) is 0 Å². The number of hydrogen-bond donors (Lipinski definition) is 1. The molecule has 0 radical (unpaired) electrons. The van der Waals surface area contributed by atoms with Gasteiger partial charge in [-0.25, -0.2) is 4.68 Å². The molecule has 0 saturated heterocycles. The molecule has 0 bridgehead atoms. The molecule has 98 valence electrons. The molecule has 2 aromatic rings. The zero-order valence-corrected chi connectivity index (χ0v) is 10.9. The fraction of sp³-hybridized carbons (Fsp3) is 0.545. The first kappa shape index (κ1) is 12.6. The van der Waals surface area contributed by atoms with Crippen molar-refractivity contribution in [2.45, 2.75) is 19.4 Å². The van der Waals surface area contributed by atoms with E-state index in [1.807, 2.05) is 17.8 Å². The van der Waals surface area contributed by atoms with Crippen LogP contribution in [0.3, 0.4) is 0 Å². The summed E-state index contributed by atoms with van der Waals surface area (Å²) in [4.78, 5) is 0. The first-order valence-electron chi connectivity index (χ1n) is 5.83. The second-order valence-corrected chi connectivity index (χ2v) is 4.24. The zero-order valence-electron chi connectivity index (χ0n) is 10.9. The van der Waals surface area contributed by atoms with Gasteiger partial charge in [-0.2, -0.15) is 5.10 Å². The fourth-order valence-corrected chi connectivity index (χ4v) is 1.88. The molecular weight excluding hydrogens is 232 g/mol. The largest absolute Gasteiger partial charge is 0.385 e. The Balaban J connectivity index is 2.36. The van der Waals surface area contributed by atoms with Crippen LogP contribution in [0.15, 0.2) is 12.3 Å². The highest BCUT2D eigenvalue weighted by Gasteiger charge is 2.19. The van der Waals surface area contributed by atoms with Crippen molar-refractivity contribution < 1.29 is 4.74 Å². The summed E-state index contributed by atoms with van der Waals surface area (Å²) < 4.78 is 8.67. The molecule has 0 aliphatic rings. The smallest absolute Gasteiger partial charge is 0.175 e. The standard InChI is InChI=1S/C11H18N6O/c1-8(5-7-18-3)17-10(11(12)14-15-17)9-4-6-13-16(9)2/h4,6,8H,5,7,12H2,1-3H3. The topological polar surface area (TPSA) is 83.8 Å². The maximum Gasteiger partial charge on any atom is 0.175 e.